The fraction of sp³-hybridized carbons (Fsp3) is 0.238. The van der Waals surface area contributed by atoms with Crippen LogP contribution in [0, 0.1) is 0 Å². The van der Waals surface area contributed by atoms with E-state index in [2.05, 4.69) is 10.2 Å². The number of sulfone groups is 1. The Morgan fingerprint density at radius 3 is 2.53 bits per heavy atom. The molecule has 0 spiro atoms. The largest absolute Gasteiger partial charge is 0.507 e. The van der Waals surface area contributed by atoms with Gasteiger partial charge in [0, 0.05) is 22.2 Å². The first-order valence-corrected chi connectivity index (χ1v) is 11.7. The predicted octanol–water partition coefficient (Wildman–Crippen LogP) is 3.17. The zero-order valence-corrected chi connectivity index (χ0v) is 17.3. The summed E-state index contributed by atoms with van der Waals surface area (Å²) in [6.45, 7) is 0. The maximum absolute atomic E-state index is 13.3. The summed E-state index contributed by atoms with van der Waals surface area (Å²) in [5.41, 5.74) is 2.72. The fourth-order valence-corrected chi connectivity index (χ4v) is 6.23. The van der Waals surface area contributed by atoms with E-state index in [9.17, 15) is 18.3 Å². The van der Waals surface area contributed by atoms with Gasteiger partial charge in [0.25, 0.3) is 5.91 Å². The predicted molar refractivity (Wildman–Crippen MR) is 112 cm³/mol. The van der Waals surface area contributed by atoms with Crippen molar-refractivity contribution in [2.75, 3.05) is 11.5 Å². The molecule has 0 radical (unpaired) electrons. The summed E-state index contributed by atoms with van der Waals surface area (Å²) in [6.07, 6.45) is 0.391. The molecule has 154 valence electrons. The number of benzene rings is 2. The van der Waals surface area contributed by atoms with E-state index in [0.29, 0.717) is 34.0 Å². The number of para-hydroxylation sites is 1. The first-order chi connectivity index (χ1) is 14.4. The lowest BCUT2D eigenvalue weighted by molar-refractivity contribution is 0.0678. The van der Waals surface area contributed by atoms with Crippen LogP contribution >= 0.6 is 11.6 Å². The zero-order chi connectivity index (χ0) is 21.0. The molecule has 2 atom stereocenters. The van der Waals surface area contributed by atoms with Crippen molar-refractivity contribution >= 4 is 27.3 Å². The van der Waals surface area contributed by atoms with Crippen LogP contribution in [0.3, 0.4) is 0 Å². The molecule has 2 N–H and O–H groups in total. The highest BCUT2D eigenvalue weighted by atomic mass is 35.5. The van der Waals surface area contributed by atoms with Crippen LogP contribution in [0.1, 0.15) is 34.1 Å². The molecule has 1 saturated heterocycles. The van der Waals surface area contributed by atoms with E-state index in [0.717, 1.165) is 5.56 Å². The van der Waals surface area contributed by atoms with E-state index >= 15 is 0 Å². The topological polar surface area (TPSA) is 103 Å². The number of carbonyl (C=O) groups excluding carboxylic acids is 1. The van der Waals surface area contributed by atoms with Crippen molar-refractivity contribution in [1.29, 1.82) is 0 Å². The average molecular weight is 444 g/mol. The number of phenolic OH excluding ortho intramolecular Hbond substituents is 1. The van der Waals surface area contributed by atoms with Gasteiger partial charge in [-0.2, -0.15) is 5.10 Å². The molecule has 7 nitrogen and oxygen atoms in total. The summed E-state index contributed by atoms with van der Waals surface area (Å²) in [4.78, 5) is 15.0. The van der Waals surface area contributed by atoms with Crippen LogP contribution in [0.2, 0.25) is 5.02 Å². The number of fused-ring (bicyclic) bond motifs is 1. The molecule has 9 heteroatoms. The minimum absolute atomic E-state index is 0.0519. The van der Waals surface area contributed by atoms with Gasteiger partial charge >= 0.3 is 0 Å². The van der Waals surface area contributed by atoms with E-state index < -0.39 is 21.9 Å². The van der Waals surface area contributed by atoms with Crippen molar-refractivity contribution < 1.29 is 18.3 Å². The number of aromatic hydroxyl groups is 1. The van der Waals surface area contributed by atoms with Crippen LogP contribution in [-0.2, 0) is 9.84 Å². The van der Waals surface area contributed by atoms with Gasteiger partial charge in [-0.15, -0.1) is 0 Å². The third-order valence-corrected chi connectivity index (χ3v) is 7.75. The van der Waals surface area contributed by atoms with Gasteiger partial charge in [-0.05, 0) is 36.2 Å². The van der Waals surface area contributed by atoms with Crippen molar-refractivity contribution in [3.63, 3.8) is 0 Å². The molecule has 3 aromatic rings. The number of halogens is 1. The molecule has 0 bridgehead atoms. The maximum atomic E-state index is 13.3. The van der Waals surface area contributed by atoms with Crippen LogP contribution in [0.15, 0.2) is 48.5 Å². The number of nitrogens with zero attached hydrogens (tertiary/aromatic N) is 2. The average Bonchev–Trinajstić information content (AvgIpc) is 3.37. The second-order valence-corrected chi connectivity index (χ2v) is 10.3. The van der Waals surface area contributed by atoms with Crippen LogP contribution < -0.4 is 0 Å². The quantitative estimate of drug-likeness (QED) is 0.647. The molecule has 2 aliphatic rings. The summed E-state index contributed by atoms with van der Waals surface area (Å²) in [5.74, 6) is -0.239. The normalized spacial score (nSPS) is 22.4. The Hall–Kier alpha value is -2.84. The Kier molecular flexibility index (Phi) is 4.37. The monoisotopic (exact) mass is 443 g/mol. The number of hydrogen-bond acceptors (Lipinski definition) is 5. The molecule has 3 heterocycles. The van der Waals surface area contributed by atoms with Crippen LogP contribution in [0.4, 0.5) is 0 Å². The minimum Gasteiger partial charge on any atom is -0.507 e. The number of nitrogens with one attached hydrogen (secondary N) is 1. The first-order valence-electron chi connectivity index (χ1n) is 9.51. The summed E-state index contributed by atoms with van der Waals surface area (Å²) in [6, 6.07) is 13.0. The minimum atomic E-state index is -3.19. The van der Waals surface area contributed by atoms with Gasteiger partial charge in [0.15, 0.2) is 9.84 Å². The van der Waals surface area contributed by atoms with Crippen LogP contribution in [0.25, 0.3) is 11.3 Å². The number of aromatic amines is 1. The smallest absolute Gasteiger partial charge is 0.273 e. The van der Waals surface area contributed by atoms with Gasteiger partial charge in [0.2, 0.25) is 0 Å². The molecule has 1 fully saturated rings. The van der Waals surface area contributed by atoms with Crippen molar-refractivity contribution in [2.24, 2.45) is 0 Å². The molecule has 1 aromatic heterocycles. The van der Waals surface area contributed by atoms with Crippen molar-refractivity contribution in [3.8, 4) is 17.0 Å². The Morgan fingerprint density at radius 1 is 1.13 bits per heavy atom. The number of carbonyl (C=O) groups is 1. The molecule has 0 unspecified atom stereocenters. The standard InChI is InChI=1S/C21H18ClN3O4S/c22-13-7-5-12(6-8-13)20-17-18(15-3-1-2-4-16(15)26)23-24-19(17)21(27)25(20)14-9-10-30(28,29)11-14/h1-8,14,20,26H,9-11H2,(H,23,24)/t14-,20+/m1/s1. The molecule has 2 aromatic carbocycles. The van der Waals surface area contributed by atoms with Crippen molar-refractivity contribution in [1.82, 2.24) is 15.1 Å². The molecule has 2 aliphatic heterocycles. The number of rotatable bonds is 3. The Morgan fingerprint density at radius 2 is 1.87 bits per heavy atom. The highest BCUT2D eigenvalue weighted by Crippen LogP contribution is 2.46. The summed E-state index contributed by atoms with van der Waals surface area (Å²) >= 11 is 6.06. The van der Waals surface area contributed by atoms with Gasteiger partial charge in [-0.1, -0.05) is 35.9 Å². The van der Waals surface area contributed by atoms with Crippen LogP contribution in [-0.4, -0.2) is 52.1 Å². The van der Waals surface area contributed by atoms with Gasteiger partial charge in [0.05, 0.1) is 17.5 Å². The van der Waals surface area contributed by atoms with E-state index in [1.807, 2.05) is 12.1 Å². The van der Waals surface area contributed by atoms with E-state index in [1.165, 1.54) is 0 Å². The van der Waals surface area contributed by atoms with Gasteiger partial charge in [-0.25, -0.2) is 8.42 Å². The van der Waals surface area contributed by atoms with Gasteiger partial charge < -0.3 is 10.0 Å². The maximum Gasteiger partial charge on any atom is 0.273 e. The highest BCUT2D eigenvalue weighted by molar-refractivity contribution is 7.91. The SMILES string of the molecule is O=C1c2[nH]nc(-c3ccccc3O)c2[C@H](c2ccc(Cl)cc2)N1[C@@H]1CCS(=O)(=O)C1. The van der Waals surface area contributed by atoms with Crippen molar-refractivity contribution in [3.05, 3.63) is 70.4 Å². The third-order valence-electron chi connectivity index (χ3n) is 5.75. The molecule has 0 saturated carbocycles. The lowest BCUT2D eigenvalue weighted by Crippen LogP contribution is -2.40. The third kappa shape index (κ3) is 2.98. The number of aromatic nitrogens is 2. The number of amides is 1. The fourth-order valence-electron chi connectivity index (χ4n) is 4.39. The summed E-state index contributed by atoms with van der Waals surface area (Å²) in [7, 11) is -3.19. The van der Waals surface area contributed by atoms with Gasteiger partial charge in [-0.3, -0.25) is 9.89 Å². The Balaban J connectivity index is 1.69. The summed E-state index contributed by atoms with van der Waals surface area (Å²) in [5, 5.41) is 18.1. The molecule has 5 rings (SSSR count). The lowest BCUT2D eigenvalue weighted by Gasteiger charge is -2.31. The lowest BCUT2D eigenvalue weighted by atomic mass is 9.95. The molecule has 0 aliphatic carbocycles. The molecule has 30 heavy (non-hydrogen) atoms. The summed E-state index contributed by atoms with van der Waals surface area (Å²) < 4.78 is 24.3. The number of hydrogen-bond donors (Lipinski definition) is 2. The zero-order valence-electron chi connectivity index (χ0n) is 15.7. The first kappa shape index (κ1) is 19.1. The second-order valence-electron chi connectivity index (χ2n) is 7.60. The molecule has 1 amide bonds. The van der Waals surface area contributed by atoms with E-state index in [-0.39, 0.29) is 23.2 Å². The van der Waals surface area contributed by atoms with Crippen molar-refractivity contribution in [2.45, 2.75) is 18.5 Å². The Labute approximate surface area is 178 Å². The van der Waals surface area contributed by atoms with Crippen LogP contribution in [0.5, 0.6) is 5.75 Å². The molecular weight excluding hydrogens is 426 g/mol. The number of phenols is 1. The van der Waals surface area contributed by atoms with E-state index in [1.54, 1.807) is 41.3 Å². The molecular formula is C21H18ClN3O4S. The number of H-pyrrole nitrogens is 1. The highest BCUT2D eigenvalue weighted by Gasteiger charge is 2.48. The second kappa shape index (κ2) is 6.85. The van der Waals surface area contributed by atoms with E-state index in [4.69, 9.17) is 11.6 Å². The van der Waals surface area contributed by atoms with Gasteiger partial charge in [0.1, 0.15) is 17.1 Å². The Bertz CT molecular complexity index is 1250.